The molecule has 0 aliphatic carbocycles. The van der Waals surface area contributed by atoms with Crippen LogP contribution in [0.3, 0.4) is 0 Å². The van der Waals surface area contributed by atoms with Gasteiger partial charge in [0, 0.05) is 18.9 Å². The Hall–Kier alpha value is -2.09. The monoisotopic (exact) mass is 281 g/mol. The van der Waals surface area contributed by atoms with Gasteiger partial charge in [0.1, 0.15) is 5.82 Å². The van der Waals surface area contributed by atoms with E-state index in [4.69, 9.17) is 5.73 Å². The first-order valence-corrected chi connectivity index (χ1v) is 7.18. The number of sulfonamides is 1. The minimum absolute atomic E-state index is 0.0249. The van der Waals surface area contributed by atoms with Crippen molar-refractivity contribution in [1.29, 1.82) is 0 Å². The molecule has 8 heteroatoms. The van der Waals surface area contributed by atoms with Gasteiger partial charge < -0.3 is 10.3 Å². The molecule has 0 amide bonds. The molecular formula is C11H15N5O2S. The molecule has 0 saturated heterocycles. The summed E-state index contributed by atoms with van der Waals surface area (Å²) in [5.74, 6) is 0.644. The minimum Gasteiger partial charge on any atom is -0.396 e. The molecule has 7 nitrogen and oxygen atoms in total. The van der Waals surface area contributed by atoms with Crippen LogP contribution in [0.1, 0.15) is 12.7 Å². The molecule has 0 unspecified atom stereocenters. The van der Waals surface area contributed by atoms with Gasteiger partial charge in [0.25, 0.3) is 10.0 Å². The second-order valence-corrected chi connectivity index (χ2v) is 5.61. The Morgan fingerprint density at radius 3 is 2.79 bits per heavy atom. The number of nitrogens with two attached hydrogens (primary N) is 1. The van der Waals surface area contributed by atoms with Crippen LogP contribution in [0, 0.1) is 6.92 Å². The molecule has 0 saturated carbocycles. The van der Waals surface area contributed by atoms with Crippen molar-refractivity contribution < 1.29 is 8.42 Å². The highest BCUT2D eigenvalue weighted by Crippen LogP contribution is 2.20. The summed E-state index contributed by atoms with van der Waals surface area (Å²) in [5, 5.41) is -0.0249. The number of hydrogen-bond donors (Lipinski definition) is 2. The van der Waals surface area contributed by atoms with E-state index >= 15 is 0 Å². The first kappa shape index (κ1) is 13.3. The van der Waals surface area contributed by atoms with E-state index in [1.54, 1.807) is 11.5 Å². The summed E-state index contributed by atoms with van der Waals surface area (Å²) in [4.78, 5) is 7.83. The lowest BCUT2D eigenvalue weighted by molar-refractivity contribution is 0.598. The van der Waals surface area contributed by atoms with Gasteiger partial charge in [-0.2, -0.15) is 8.42 Å². The lowest BCUT2D eigenvalue weighted by Gasteiger charge is -2.07. The highest BCUT2D eigenvalue weighted by molar-refractivity contribution is 7.92. The molecule has 0 aliphatic rings. The normalized spacial score (nSPS) is 11.5. The number of hydrogen-bond acceptors (Lipinski definition) is 5. The van der Waals surface area contributed by atoms with E-state index in [9.17, 15) is 8.42 Å². The number of nitrogen functional groups attached to an aromatic ring is 1. The zero-order valence-corrected chi connectivity index (χ0v) is 11.5. The number of nitrogens with one attached hydrogen (secondary N) is 1. The van der Waals surface area contributed by atoms with E-state index < -0.39 is 10.0 Å². The van der Waals surface area contributed by atoms with E-state index in [1.807, 2.05) is 6.92 Å². The molecule has 0 aromatic carbocycles. The summed E-state index contributed by atoms with van der Waals surface area (Å²) in [6.45, 7) is 4.33. The van der Waals surface area contributed by atoms with Crippen molar-refractivity contribution in [2.24, 2.45) is 0 Å². The third-order valence-electron chi connectivity index (χ3n) is 2.67. The van der Waals surface area contributed by atoms with E-state index in [0.717, 1.165) is 0 Å². The van der Waals surface area contributed by atoms with E-state index in [0.29, 0.717) is 18.1 Å². The summed E-state index contributed by atoms with van der Waals surface area (Å²) in [6, 6.07) is 1.50. The predicted molar refractivity (Wildman–Crippen MR) is 72.1 cm³/mol. The lowest BCUT2D eigenvalue weighted by atomic mass is 10.4. The van der Waals surface area contributed by atoms with Crippen LogP contribution in [0.4, 0.5) is 11.4 Å². The molecule has 0 spiro atoms. The van der Waals surface area contributed by atoms with E-state index in [-0.39, 0.29) is 10.7 Å². The third kappa shape index (κ3) is 2.68. The number of nitrogens with zero attached hydrogens (tertiary/aromatic N) is 3. The molecule has 2 aromatic rings. The van der Waals surface area contributed by atoms with Gasteiger partial charge in [-0.05, 0) is 19.9 Å². The Morgan fingerprint density at radius 2 is 2.21 bits per heavy atom. The maximum absolute atomic E-state index is 12.2. The standard InChI is InChI=1S/C11H15N5O2S/c1-3-16-7-11(14-8(16)2)19(17,18)15-10-4-5-13-6-9(10)12/h4-7H,3,12H2,1-2H3,(H,13,15). The molecule has 0 fully saturated rings. The average Bonchev–Trinajstić information content (AvgIpc) is 2.74. The number of rotatable bonds is 4. The first-order chi connectivity index (χ1) is 8.94. The number of anilines is 2. The molecule has 0 aliphatic heterocycles. The molecule has 0 atom stereocenters. The fourth-order valence-corrected chi connectivity index (χ4v) is 2.72. The lowest BCUT2D eigenvalue weighted by Crippen LogP contribution is -2.14. The zero-order valence-electron chi connectivity index (χ0n) is 10.7. The number of pyridine rings is 1. The van der Waals surface area contributed by atoms with Gasteiger partial charge in [-0.15, -0.1) is 0 Å². The Balaban J connectivity index is 2.35. The maximum atomic E-state index is 12.2. The molecular weight excluding hydrogens is 266 g/mol. The fraction of sp³-hybridized carbons (Fsp3) is 0.273. The van der Waals surface area contributed by atoms with Gasteiger partial charge in [0.15, 0.2) is 5.03 Å². The molecule has 19 heavy (non-hydrogen) atoms. The van der Waals surface area contributed by atoms with Crippen LogP contribution in [0.2, 0.25) is 0 Å². The molecule has 2 rings (SSSR count). The van der Waals surface area contributed by atoms with Gasteiger partial charge in [-0.1, -0.05) is 0 Å². The summed E-state index contributed by atoms with van der Waals surface area (Å²) in [5.41, 5.74) is 6.20. The Morgan fingerprint density at radius 1 is 1.47 bits per heavy atom. The number of aryl methyl sites for hydroxylation is 2. The van der Waals surface area contributed by atoms with Crippen molar-refractivity contribution in [3.63, 3.8) is 0 Å². The summed E-state index contributed by atoms with van der Waals surface area (Å²) in [7, 11) is -3.74. The zero-order chi connectivity index (χ0) is 14.0. The van der Waals surface area contributed by atoms with E-state index in [1.165, 1.54) is 24.7 Å². The van der Waals surface area contributed by atoms with Crippen LogP contribution in [0.5, 0.6) is 0 Å². The van der Waals surface area contributed by atoms with Crippen molar-refractivity contribution in [3.05, 3.63) is 30.5 Å². The Kier molecular flexibility index (Phi) is 3.43. The second-order valence-electron chi connectivity index (χ2n) is 3.98. The maximum Gasteiger partial charge on any atom is 0.281 e. The molecule has 3 N–H and O–H groups in total. The van der Waals surface area contributed by atoms with Crippen LogP contribution in [-0.4, -0.2) is 23.0 Å². The highest BCUT2D eigenvalue weighted by Gasteiger charge is 2.19. The van der Waals surface area contributed by atoms with Gasteiger partial charge >= 0.3 is 0 Å². The van der Waals surface area contributed by atoms with Crippen LogP contribution in [0.25, 0.3) is 0 Å². The first-order valence-electron chi connectivity index (χ1n) is 5.70. The van der Waals surface area contributed by atoms with E-state index in [2.05, 4.69) is 14.7 Å². The van der Waals surface area contributed by atoms with Gasteiger partial charge in [0.05, 0.1) is 17.6 Å². The van der Waals surface area contributed by atoms with Crippen molar-refractivity contribution in [1.82, 2.24) is 14.5 Å². The number of imidazole rings is 1. The smallest absolute Gasteiger partial charge is 0.281 e. The largest absolute Gasteiger partial charge is 0.396 e. The van der Waals surface area contributed by atoms with Crippen LogP contribution < -0.4 is 10.5 Å². The summed E-state index contributed by atoms with van der Waals surface area (Å²) >= 11 is 0. The van der Waals surface area contributed by atoms with Crippen molar-refractivity contribution >= 4 is 21.4 Å². The molecule has 102 valence electrons. The van der Waals surface area contributed by atoms with Crippen LogP contribution >= 0.6 is 0 Å². The Labute approximate surface area is 111 Å². The van der Waals surface area contributed by atoms with Crippen molar-refractivity contribution in [2.45, 2.75) is 25.4 Å². The third-order valence-corrected chi connectivity index (χ3v) is 3.90. The highest BCUT2D eigenvalue weighted by atomic mass is 32.2. The van der Waals surface area contributed by atoms with Gasteiger partial charge in [-0.25, -0.2) is 4.98 Å². The minimum atomic E-state index is -3.74. The summed E-state index contributed by atoms with van der Waals surface area (Å²) < 4.78 is 28.5. The van der Waals surface area contributed by atoms with Crippen LogP contribution in [0.15, 0.2) is 29.7 Å². The van der Waals surface area contributed by atoms with Crippen molar-refractivity contribution in [3.8, 4) is 0 Å². The quantitative estimate of drug-likeness (QED) is 0.870. The van der Waals surface area contributed by atoms with Crippen molar-refractivity contribution in [2.75, 3.05) is 10.5 Å². The topological polar surface area (TPSA) is 103 Å². The second kappa shape index (κ2) is 4.88. The summed E-state index contributed by atoms with van der Waals surface area (Å²) in [6.07, 6.45) is 4.34. The predicted octanol–water partition coefficient (Wildman–Crippen LogP) is 0.989. The average molecular weight is 281 g/mol. The molecule has 0 bridgehead atoms. The van der Waals surface area contributed by atoms with Gasteiger partial charge in [-0.3, -0.25) is 9.71 Å². The van der Waals surface area contributed by atoms with Gasteiger partial charge in [0.2, 0.25) is 0 Å². The SMILES string of the molecule is CCn1cc(S(=O)(=O)Nc2ccncc2N)nc1C. The molecule has 2 heterocycles. The molecule has 2 aromatic heterocycles. The Bertz CT molecular complexity index is 693. The van der Waals surface area contributed by atoms with Crippen LogP contribution in [-0.2, 0) is 16.6 Å². The fourth-order valence-electron chi connectivity index (χ4n) is 1.63. The molecule has 0 radical (unpaired) electrons. The number of aromatic nitrogens is 3.